The topological polar surface area (TPSA) is 93.1 Å². The second-order valence-corrected chi connectivity index (χ2v) is 2.80. The lowest BCUT2D eigenvalue weighted by molar-refractivity contribution is -0.245. The average molecular weight is 226 g/mol. The van der Waals surface area contributed by atoms with Gasteiger partial charge in [0, 0.05) is 0 Å². The Morgan fingerprint density at radius 2 is 1.69 bits per heavy atom. The van der Waals surface area contributed by atoms with E-state index in [1.165, 1.54) is 24.3 Å². The Bertz CT molecular complexity index is 369. The summed E-state index contributed by atoms with van der Waals surface area (Å²) in [7, 11) is 0. The molecule has 0 heterocycles. The Hall–Kier alpha value is -1.92. The van der Waals surface area contributed by atoms with Crippen LogP contribution in [0.4, 0.5) is 0 Å². The molecule has 0 fully saturated rings. The van der Waals surface area contributed by atoms with E-state index in [-0.39, 0.29) is 24.3 Å². The first-order valence-electron chi connectivity index (χ1n) is 4.43. The summed E-state index contributed by atoms with van der Waals surface area (Å²) in [5, 5.41) is 17.0. The Kier molecular flexibility index (Phi) is 4.43. The van der Waals surface area contributed by atoms with E-state index >= 15 is 0 Å². The summed E-state index contributed by atoms with van der Waals surface area (Å²) < 4.78 is 0. The number of benzene rings is 1. The first kappa shape index (κ1) is 12.2. The van der Waals surface area contributed by atoms with Crippen LogP contribution in [0.15, 0.2) is 24.3 Å². The Morgan fingerprint density at radius 3 is 2.19 bits per heavy atom. The molecule has 6 nitrogen and oxygen atoms in total. The van der Waals surface area contributed by atoms with Crippen molar-refractivity contribution >= 4 is 11.9 Å². The molecule has 0 radical (unpaired) electrons. The number of hydrogen-bond donors (Lipinski definition) is 2. The fourth-order valence-electron chi connectivity index (χ4n) is 0.929. The number of aliphatic hydroxyl groups excluding tert-OH is 1. The first-order chi connectivity index (χ1) is 7.65. The summed E-state index contributed by atoms with van der Waals surface area (Å²) >= 11 is 0. The van der Waals surface area contributed by atoms with Gasteiger partial charge in [0.05, 0.1) is 17.7 Å². The number of hydrogen-bond acceptors (Lipinski definition) is 5. The molecule has 1 aromatic rings. The maximum absolute atomic E-state index is 11.2. The molecule has 0 amide bonds. The van der Waals surface area contributed by atoms with Gasteiger partial charge in [-0.3, -0.25) is 4.89 Å². The van der Waals surface area contributed by atoms with Crippen LogP contribution >= 0.6 is 0 Å². The van der Waals surface area contributed by atoms with Crippen molar-refractivity contribution in [3.8, 4) is 0 Å². The molecular weight excluding hydrogens is 216 g/mol. The molecule has 1 aromatic carbocycles. The number of rotatable bonds is 5. The van der Waals surface area contributed by atoms with E-state index in [0.29, 0.717) is 0 Å². The monoisotopic (exact) mass is 226 g/mol. The number of carboxylic acid groups (broad SMARTS) is 1. The van der Waals surface area contributed by atoms with E-state index in [0.717, 1.165) is 0 Å². The molecule has 1 rings (SSSR count). The molecular formula is C10H10O6. The second kappa shape index (κ2) is 5.84. The summed E-state index contributed by atoms with van der Waals surface area (Å²) in [4.78, 5) is 30.4. The van der Waals surface area contributed by atoms with Crippen molar-refractivity contribution in [2.24, 2.45) is 0 Å². The predicted molar refractivity (Wildman–Crippen MR) is 51.9 cm³/mol. The quantitative estimate of drug-likeness (QED) is 0.430. The molecule has 0 atom stereocenters. The van der Waals surface area contributed by atoms with Gasteiger partial charge in [0.25, 0.3) is 0 Å². The summed E-state index contributed by atoms with van der Waals surface area (Å²) in [5.74, 6) is -1.82. The van der Waals surface area contributed by atoms with Gasteiger partial charge in [-0.2, -0.15) is 4.89 Å². The predicted octanol–water partition coefficient (Wildman–Crippen LogP) is 0.466. The van der Waals surface area contributed by atoms with Crippen LogP contribution in [0.1, 0.15) is 20.7 Å². The van der Waals surface area contributed by atoms with Gasteiger partial charge >= 0.3 is 11.9 Å². The minimum absolute atomic E-state index is 0.0767. The van der Waals surface area contributed by atoms with Crippen LogP contribution in [0.25, 0.3) is 0 Å². The molecule has 86 valence electrons. The van der Waals surface area contributed by atoms with E-state index in [1.54, 1.807) is 0 Å². The van der Waals surface area contributed by atoms with Gasteiger partial charge in [-0.1, -0.05) is 0 Å². The molecule has 2 N–H and O–H groups in total. The molecule has 0 unspecified atom stereocenters. The SMILES string of the molecule is O=C(O)c1ccc(C(=O)OOCCO)cc1. The molecule has 0 bridgehead atoms. The largest absolute Gasteiger partial charge is 0.478 e. The highest BCUT2D eigenvalue weighted by Crippen LogP contribution is 2.06. The van der Waals surface area contributed by atoms with Crippen molar-refractivity contribution < 1.29 is 29.6 Å². The van der Waals surface area contributed by atoms with Crippen LogP contribution in [-0.4, -0.2) is 35.4 Å². The summed E-state index contributed by atoms with van der Waals surface area (Å²) in [6.07, 6.45) is 0. The lowest BCUT2D eigenvalue weighted by Crippen LogP contribution is -2.09. The van der Waals surface area contributed by atoms with Gasteiger partial charge < -0.3 is 10.2 Å². The second-order valence-electron chi connectivity index (χ2n) is 2.80. The maximum atomic E-state index is 11.2. The molecule has 0 saturated carbocycles. The third kappa shape index (κ3) is 3.34. The van der Waals surface area contributed by atoms with Crippen molar-refractivity contribution in [2.75, 3.05) is 13.2 Å². The zero-order chi connectivity index (χ0) is 12.0. The van der Waals surface area contributed by atoms with Crippen molar-refractivity contribution in [3.05, 3.63) is 35.4 Å². The third-order valence-electron chi connectivity index (χ3n) is 1.68. The normalized spacial score (nSPS) is 9.81. The zero-order valence-corrected chi connectivity index (χ0v) is 8.25. The van der Waals surface area contributed by atoms with Gasteiger partial charge in [0.2, 0.25) is 0 Å². The molecule has 0 aliphatic carbocycles. The van der Waals surface area contributed by atoms with Gasteiger partial charge in [-0.25, -0.2) is 9.59 Å². The Morgan fingerprint density at radius 1 is 1.12 bits per heavy atom. The van der Waals surface area contributed by atoms with Crippen LogP contribution in [-0.2, 0) is 9.78 Å². The number of carbonyl (C=O) groups excluding carboxylic acids is 1. The third-order valence-corrected chi connectivity index (χ3v) is 1.68. The van der Waals surface area contributed by atoms with Crippen molar-refractivity contribution in [2.45, 2.75) is 0 Å². The minimum Gasteiger partial charge on any atom is -0.478 e. The van der Waals surface area contributed by atoms with Crippen molar-refractivity contribution in [3.63, 3.8) is 0 Å². The number of aromatic carboxylic acids is 1. The number of carboxylic acids is 1. The zero-order valence-electron chi connectivity index (χ0n) is 8.25. The minimum atomic E-state index is -1.07. The van der Waals surface area contributed by atoms with Crippen molar-refractivity contribution in [1.82, 2.24) is 0 Å². The maximum Gasteiger partial charge on any atom is 0.373 e. The summed E-state index contributed by atoms with van der Waals surface area (Å²) in [6, 6.07) is 5.19. The van der Waals surface area contributed by atoms with Crippen molar-refractivity contribution in [1.29, 1.82) is 0 Å². The molecule has 0 saturated heterocycles. The number of aliphatic hydroxyl groups is 1. The molecule has 0 aromatic heterocycles. The molecule has 0 spiro atoms. The van der Waals surface area contributed by atoms with Gasteiger partial charge in [-0.15, -0.1) is 0 Å². The lowest BCUT2D eigenvalue weighted by Gasteiger charge is -2.02. The highest BCUT2D eigenvalue weighted by Gasteiger charge is 2.09. The molecule has 0 aliphatic rings. The van der Waals surface area contributed by atoms with Crippen LogP contribution < -0.4 is 0 Å². The van der Waals surface area contributed by atoms with Gasteiger partial charge in [0.1, 0.15) is 6.61 Å². The average Bonchev–Trinajstić information content (AvgIpc) is 2.29. The van der Waals surface area contributed by atoms with Crippen LogP contribution in [0.3, 0.4) is 0 Å². The van der Waals surface area contributed by atoms with E-state index in [4.69, 9.17) is 10.2 Å². The molecule has 6 heteroatoms. The molecule has 16 heavy (non-hydrogen) atoms. The first-order valence-corrected chi connectivity index (χ1v) is 4.43. The summed E-state index contributed by atoms with van der Waals surface area (Å²) in [6.45, 7) is -0.371. The van der Waals surface area contributed by atoms with Crippen LogP contribution in [0.5, 0.6) is 0 Å². The molecule has 0 aliphatic heterocycles. The smallest absolute Gasteiger partial charge is 0.373 e. The fraction of sp³-hybridized carbons (Fsp3) is 0.200. The highest BCUT2D eigenvalue weighted by molar-refractivity contribution is 5.92. The van der Waals surface area contributed by atoms with Crippen LogP contribution in [0.2, 0.25) is 0 Å². The summed E-state index contributed by atoms with van der Waals surface area (Å²) in [5.41, 5.74) is 0.246. The number of carbonyl (C=O) groups is 2. The van der Waals surface area contributed by atoms with Crippen LogP contribution in [0, 0.1) is 0 Å². The standard InChI is InChI=1S/C10H10O6/c11-5-6-15-16-10(14)8-3-1-7(2-4-8)9(12)13/h1-4,11H,5-6H2,(H,12,13). The Balaban J connectivity index is 2.59. The highest BCUT2D eigenvalue weighted by atomic mass is 17.2. The lowest BCUT2D eigenvalue weighted by atomic mass is 10.1. The van der Waals surface area contributed by atoms with Gasteiger partial charge in [-0.05, 0) is 24.3 Å². The van der Waals surface area contributed by atoms with E-state index in [2.05, 4.69) is 9.78 Å². The van der Waals surface area contributed by atoms with E-state index in [1.807, 2.05) is 0 Å². The fourth-order valence-corrected chi connectivity index (χ4v) is 0.929. The van der Waals surface area contributed by atoms with Gasteiger partial charge in [0.15, 0.2) is 0 Å². The van der Waals surface area contributed by atoms with E-state index in [9.17, 15) is 9.59 Å². The Labute approximate surface area is 91.0 Å². The van der Waals surface area contributed by atoms with E-state index < -0.39 is 11.9 Å².